The molecule has 0 heterocycles. The van der Waals surface area contributed by atoms with Crippen molar-refractivity contribution in [2.45, 2.75) is 56.5 Å². The van der Waals surface area contributed by atoms with Crippen molar-refractivity contribution >= 4 is 15.9 Å². The molecule has 1 amide bonds. The van der Waals surface area contributed by atoms with Gasteiger partial charge in [-0.2, -0.15) is 4.72 Å². The lowest BCUT2D eigenvalue weighted by Gasteiger charge is -2.21. The zero-order chi connectivity index (χ0) is 19.4. The summed E-state index contributed by atoms with van der Waals surface area (Å²) >= 11 is 0. The summed E-state index contributed by atoms with van der Waals surface area (Å²) in [5.41, 5.74) is 2.92. The number of nitrogens with one attached hydrogen (secondary N) is 2. The van der Waals surface area contributed by atoms with Gasteiger partial charge in [0.15, 0.2) is 0 Å². The predicted octanol–water partition coefficient (Wildman–Crippen LogP) is 3.11. The molecule has 144 valence electrons. The Kier molecular flexibility index (Phi) is 5.97. The van der Waals surface area contributed by atoms with E-state index in [1.165, 1.54) is 5.56 Å². The van der Waals surface area contributed by atoms with Crippen molar-refractivity contribution < 1.29 is 13.2 Å². The smallest absolute Gasteiger partial charge is 0.242 e. The normalized spacial score (nSPS) is 15.2. The Bertz CT molecular complexity index is 908. The highest BCUT2D eigenvalue weighted by molar-refractivity contribution is 7.89. The Morgan fingerprint density at radius 3 is 2.30 bits per heavy atom. The molecule has 2 aromatic rings. The van der Waals surface area contributed by atoms with Gasteiger partial charge in [0, 0.05) is 6.04 Å². The molecule has 0 radical (unpaired) electrons. The van der Waals surface area contributed by atoms with Gasteiger partial charge in [0.1, 0.15) is 6.04 Å². The van der Waals surface area contributed by atoms with Crippen LogP contribution in [-0.2, 0) is 27.7 Å². The van der Waals surface area contributed by atoms with Crippen LogP contribution in [0.1, 0.15) is 49.4 Å². The number of benzene rings is 2. The van der Waals surface area contributed by atoms with E-state index >= 15 is 0 Å². The molecule has 0 saturated heterocycles. The van der Waals surface area contributed by atoms with Gasteiger partial charge in [0.25, 0.3) is 0 Å². The Balaban J connectivity index is 1.91. The van der Waals surface area contributed by atoms with Gasteiger partial charge in [-0.05, 0) is 68.4 Å². The number of hydrogen-bond donors (Lipinski definition) is 2. The molecule has 0 fully saturated rings. The van der Waals surface area contributed by atoms with Crippen LogP contribution in [0.3, 0.4) is 0 Å². The summed E-state index contributed by atoms with van der Waals surface area (Å²) in [5.74, 6) is -0.363. The third-order valence-corrected chi connectivity index (χ3v) is 6.15. The van der Waals surface area contributed by atoms with Gasteiger partial charge in [-0.25, -0.2) is 8.42 Å². The highest BCUT2D eigenvalue weighted by Crippen LogP contribution is 2.25. The van der Waals surface area contributed by atoms with E-state index in [9.17, 15) is 13.2 Å². The van der Waals surface area contributed by atoms with Gasteiger partial charge in [-0.3, -0.25) is 4.79 Å². The van der Waals surface area contributed by atoms with Crippen molar-refractivity contribution in [1.29, 1.82) is 0 Å². The van der Waals surface area contributed by atoms with Crippen LogP contribution >= 0.6 is 0 Å². The van der Waals surface area contributed by atoms with Crippen LogP contribution in [0.4, 0.5) is 0 Å². The summed E-state index contributed by atoms with van der Waals surface area (Å²) in [6, 6.07) is 13.1. The van der Waals surface area contributed by atoms with Gasteiger partial charge in [-0.1, -0.05) is 36.4 Å². The summed E-state index contributed by atoms with van der Waals surface area (Å²) in [5, 5.41) is 2.80. The molecule has 6 heteroatoms. The van der Waals surface area contributed by atoms with Crippen LogP contribution in [0.2, 0.25) is 0 Å². The Morgan fingerprint density at radius 1 is 0.963 bits per heavy atom. The van der Waals surface area contributed by atoms with E-state index in [0.29, 0.717) is 5.56 Å². The number of fused-ring (bicyclic) bond motifs is 1. The maximum absolute atomic E-state index is 13.0. The highest BCUT2D eigenvalue weighted by atomic mass is 32.2. The van der Waals surface area contributed by atoms with E-state index in [0.717, 1.165) is 31.2 Å². The molecule has 0 spiro atoms. The molecule has 27 heavy (non-hydrogen) atoms. The average Bonchev–Trinajstić information content (AvgIpc) is 2.66. The molecule has 0 unspecified atom stereocenters. The van der Waals surface area contributed by atoms with Crippen molar-refractivity contribution in [1.82, 2.24) is 10.0 Å². The summed E-state index contributed by atoms with van der Waals surface area (Å²) < 4.78 is 28.6. The SMILES string of the molecule is CC(C)NC(=O)[C@@H](NS(=O)(=O)c1ccc2c(c1)CCCC2)c1ccccc1. The largest absolute Gasteiger partial charge is 0.352 e. The molecule has 1 atom stereocenters. The minimum absolute atomic E-state index is 0.0861. The standard InChI is InChI=1S/C21H26N2O3S/c1-15(2)22-21(24)20(17-9-4-3-5-10-17)23-27(25,26)19-13-12-16-8-6-7-11-18(16)14-19/h3-5,9-10,12-15,20,23H,6-8,11H2,1-2H3,(H,22,24)/t20-/m0/s1. The van der Waals surface area contributed by atoms with Crippen LogP contribution < -0.4 is 10.0 Å². The third-order valence-electron chi connectivity index (χ3n) is 4.73. The Morgan fingerprint density at radius 2 is 1.63 bits per heavy atom. The lowest BCUT2D eigenvalue weighted by Crippen LogP contribution is -2.42. The number of carbonyl (C=O) groups is 1. The number of hydrogen-bond acceptors (Lipinski definition) is 3. The molecule has 1 aliphatic rings. The van der Waals surface area contributed by atoms with Crippen molar-refractivity contribution in [2.24, 2.45) is 0 Å². The van der Waals surface area contributed by atoms with Crippen LogP contribution in [0.5, 0.6) is 0 Å². The Hall–Kier alpha value is -2.18. The van der Waals surface area contributed by atoms with Gasteiger partial charge >= 0.3 is 0 Å². The number of amides is 1. The van der Waals surface area contributed by atoms with E-state index in [4.69, 9.17) is 0 Å². The first kappa shape index (κ1) is 19.6. The zero-order valence-electron chi connectivity index (χ0n) is 15.7. The van der Waals surface area contributed by atoms with Crippen molar-refractivity contribution in [3.63, 3.8) is 0 Å². The average molecular weight is 387 g/mol. The van der Waals surface area contributed by atoms with Crippen molar-refractivity contribution in [3.8, 4) is 0 Å². The molecule has 5 nitrogen and oxygen atoms in total. The monoisotopic (exact) mass is 386 g/mol. The molecule has 1 aliphatic carbocycles. The summed E-state index contributed by atoms with van der Waals surface area (Å²) in [6.45, 7) is 3.69. The maximum Gasteiger partial charge on any atom is 0.242 e. The molecular weight excluding hydrogens is 360 g/mol. The maximum atomic E-state index is 13.0. The second-order valence-corrected chi connectivity index (χ2v) is 8.98. The fraction of sp³-hybridized carbons (Fsp3) is 0.381. The minimum Gasteiger partial charge on any atom is -0.352 e. The number of sulfonamides is 1. The molecule has 0 aromatic heterocycles. The first-order chi connectivity index (χ1) is 12.9. The lowest BCUT2D eigenvalue weighted by molar-refractivity contribution is -0.123. The van der Waals surface area contributed by atoms with E-state index < -0.39 is 16.1 Å². The minimum atomic E-state index is -3.83. The van der Waals surface area contributed by atoms with E-state index in [1.807, 2.05) is 26.0 Å². The molecule has 2 N–H and O–H groups in total. The highest BCUT2D eigenvalue weighted by Gasteiger charge is 2.28. The van der Waals surface area contributed by atoms with Crippen LogP contribution in [0, 0.1) is 0 Å². The first-order valence-corrected chi connectivity index (χ1v) is 10.8. The number of aryl methyl sites for hydroxylation is 2. The summed E-state index contributed by atoms with van der Waals surface area (Å²) in [4.78, 5) is 12.9. The molecule has 2 aromatic carbocycles. The van der Waals surface area contributed by atoms with E-state index in [2.05, 4.69) is 10.0 Å². The topological polar surface area (TPSA) is 75.3 Å². The third kappa shape index (κ3) is 4.76. The van der Waals surface area contributed by atoms with Crippen molar-refractivity contribution in [2.75, 3.05) is 0 Å². The van der Waals surface area contributed by atoms with Crippen LogP contribution in [0.15, 0.2) is 53.4 Å². The van der Waals surface area contributed by atoms with Gasteiger partial charge in [0.05, 0.1) is 4.90 Å². The predicted molar refractivity (Wildman–Crippen MR) is 106 cm³/mol. The first-order valence-electron chi connectivity index (χ1n) is 9.36. The summed E-state index contributed by atoms with van der Waals surface area (Å²) in [7, 11) is -3.83. The van der Waals surface area contributed by atoms with E-state index in [-0.39, 0.29) is 16.8 Å². The number of carbonyl (C=O) groups excluding carboxylic acids is 1. The second-order valence-electron chi connectivity index (χ2n) is 7.27. The molecule has 0 aliphatic heterocycles. The lowest BCUT2D eigenvalue weighted by atomic mass is 9.92. The summed E-state index contributed by atoms with van der Waals surface area (Å²) in [6.07, 6.45) is 4.11. The van der Waals surface area contributed by atoms with Gasteiger partial charge in [0.2, 0.25) is 15.9 Å². The fourth-order valence-electron chi connectivity index (χ4n) is 3.39. The van der Waals surface area contributed by atoms with Crippen LogP contribution in [0.25, 0.3) is 0 Å². The molecular formula is C21H26N2O3S. The fourth-order valence-corrected chi connectivity index (χ4v) is 4.62. The van der Waals surface area contributed by atoms with Crippen LogP contribution in [-0.4, -0.2) is 20.4 Å². The molecule has 0 bridgehead atoms. The van der Waals surface area contributed by atoms with Gasteiger partial charge < -0.3 is 5.32 Å². The quantitative estimate of drug-likeness (QED) is 0.801. The molecule has 3 rings (SSSR count). The molecule has 0 saturated carbocycles. The zero-order valence-corrected chi connectivity index (χ0v) is 16.6. The van der Waals surface area contributed by atoms with E-state index in [1.54, 1.807) is 36.4 Å². The Labute approximate surface area is 161 Å². The van der Waals surface area contributed by atoms with Gasteiger partial charge in [-0.15, -0.1) is 0 Å². The van der Waals surface area contributed by atoms with Crippen molar-refractivity contribution in [3.05, 3.63) is 65.2 Å². The second kappa shape index (κ2) is 8.23. The number of rotatable bonds is 6.